The van der Waals surface area contributed by atoms with Crippen LogP contribution in [0, 0.1) is 0 Å². The molecule has 1 unspecified atom stereocenters. The third-order valence-electron chi connectivity index (χ3n) is 3.00. The average molecular weight is 247 g/mol. The molecule has 1 aromatic rings. The molecule has 1 aromatic carbocycles. The fourth-order valence-corrected chi connectivity index (χ4v) is 1.64. The number of hydrogen-bond donors (Lipinski definition) is 1. The van der Waals surface area contributed by atoms with Crippen molar-refractivity contribution < 1.29 is 4.74 Å². The first-order valence-electron chi connectivity index (χ1n) is 6.80. The summed E-state index contributed by atoms with van der Waals surface area (Å²) in [6, 6.07) is 8.65. The van der Waals surface area contributed by atoms with E-state index in [1.807, 2.05) is 12.1 Å². The maximum atomic E-state index is 5.73. The molecule has 0 fully saturated rings. The molecule has 0 bridgehead atoms. The topological polar surface area (TPSA) is 21.3 Å². The van der Waals surface area contributed by atoms with Crippen molar-refractivity contribution >= 4 is 0 Å². The first-order chi connectivity index (χ1) is 8.67. The minimum atomic E-state index is 0.364. The maximum Gasteiger partial charge on any atom is 0.120 e. The van der Waals surface area contributed by atoms with E-state index >= 15 is 0 Å². The van der Waals surface area contributed by atoms with E-state index in [9.17, 15) is 0 Å². The van der Waals surface area contributed by atoms with Gasteiger partial charge >= 0.3 is 0 Å². The van der Waals surface area contributed by atoms with Gasteiger partial charge in [0.1, 0.15) is 12.4 Å². The monoisotopic (exact) mass is 247 g/mol. The average Bonchev–Trinajstić information content (AvgIpc) is 2.42. The molecule has 2 heteroatoms. The summed E-state index contributed by atoms with van der Waals surface area (Å²) >= 11 is 0. The summed E-state index contributed by atoms with van der Waals surface area (Å²) in [5, 5.41) is 3.48. The standard InChI is InChI=1S/C16H25NO/c1-5-10-17-14(4)15-8-7-9-16(11-15)18-12-13(3)6-2/h7-9,11,14,17H,3,5-6,10,12H2,1-2,4H3. The summed E-state index contributed by atoms with van der Waals surface area (Å²) in [5.74, 6) is 0.923. The zero-order valence-corrected chi connectivity index (χ0v) is 11.8. The van der Waals surface area contributed by atoms with Crippen molar-refractivity contribution in [1.82, 2.24) is 5.32 Å². The van der Waals surface area contributed by atoms with E-state index in [0.717, 1.165) is 30.7 Å². The van der Waals surface area contributed by atoms with E-state index in [0.29, 0.717) is 12.6 Å². The number of rotatable bonds is 8. The van der Waals surface area contributed by atoms with Gasteiger partial charge in [-0.15, -0.1) is 0 Å². The summed E-state index contributed by atoms with van der Waals surface area (Å²) in [4.78, 5) is 0. The molecule has 0 saturated heterocycles. The van der Waals surface area contributed by atoms with Crippen LogP contribution < -0.4 is 10.1 Å². The Kier molecular flexibility index (Phi) is 6.51. The smallest absolute Gasteiger partial charge is 0.120 e. The summed E-state index contributed by atoms with van der Waals surface area (Å²) in [5.41, 5.74) is 2.39. The molecule has 0 heterocycles. The fourth-order valence-electron chi connectivity index (χ4n) is 1.64. The molecule has 1 N–H and O–H groups in total. The van der Waals surface area contributed by atoms with E-state index in [-0.39, 0.29) is 0 Å². The zero-order chi connectivity index (χ0) is 13.4. The number of hydrogen-bond acceptors (Lipinski definition) is 2. The highest BCUT2D eigenvalue weighted by Crippen LogP contribution is 2.19. The van der Waals surface area contributed by atoms with Crippen LogP contribution in [0.2, 0.25) is 0 Å². The molecule has 0 radical (unpaired) electrons. The quantitative estimate of drug-likeness (QED) is 0.699. The molecular weight excluding hydrogens is 222 g/mol. The molecule has 100 valence electrons. The van der Waals surface area contributed by atoms with Crippen molar-refractivity contribution in [1.29, 1.82) is 0 Å². The van der Waals surface area contributed by atoms with Crippen molar-refractivity contribution in [3.05, 3.63) is 42.0 Å². The highest BCUT2D eigenvalue weighted by Gasteiger charge is 2.05. The lowest BCUT2D eigenvalue weighted by Crippen LogP contribution is -2.19. The van der Waals surface area contributed by atoms with Crippen molar-refractivity contribution in [3.8, 4) is 5.75 Å². The van der Waals surface area contributed by atoms with Gasteiger partial charge in [-0.1, -0.05) is 32.6 Å². The molecule has 0 aliphatic rings. The van der Waals surface area contributed by atoms with Gasteiger partial charge in [0.05, 0.1) is 0 Å². The SMILES string of the molecule is C=C(CC)COc1cccc(C(C)NCCC)c1. The van der Waals surface area contributed by atoms with Gasteiger partial charge in [-0.3, -0.25) is 0 Å². The molecule has 0 saturated carbocycles. The van der Waals surface area contributed by atoms with Gasteiger partial charge in [-0.2, -0.15) is 0 Å². The molecule has 1 atom stereocenters. The molecule has 0 amide bonds. The van der Waals surface area contributed by atoms with Crippen LogP contribution in [-0.2, 0) is 0 Å². The van der Waals surface area contributed by atoms with Crippen molar-refractivity contribution in [2.75, 3.05) is 13.2 Å². The second-order valence-electron chi connectivity index (χ2n) is 4.64. The minimum Gasteiger partial charge on any atom is -0.489 e. The minimum absolute atomic E-state index is 0.364. The van der Waals surface area contributed by atoms with E-state index in [1.165, 1.54) is 5.56 Å². The van der Waals surface area contributed by atoms with Crippen LogP contribution in [0.5, 0.6) is 5.75 Å². The normalized spacial score (nSPS) is 12.2. The largest absolute Gasteiger partial charge is 0.489 e. The lowest BCUT2D eigenvalue weighted by atomic mass is 10.1. The highest BCUT2D eigenvalue weighted by atomic mass is 16.5. The van der Waals surface area contributed by atoms with Gasteiger partial charge in [0.25, 0.3) is 0 Å². The van der Waals surface area contributed by atoms with Gasteiger partial charge in [-0.05, 0) is 49.6 Å². The van der Waals surface area contributed by atoms with E-state index in [2.05, 4.69) is 44.8 Å². The Labute approximate surface area is 111 Å². The third-order valence-corrected chi connectivity index (χ3v) is 3.00. The van der Waals surface area contributed by atoms with Crippen LogP contribution in [-0.4, -0.2) is 13.2 Å². The second-order valence-corrected chi connectivity index (χ2v) is 4.64. The molecule has 0 aromatic heterocycles. The van der Waals surface area contributed by atoms with Crippen LogP contribution in [0.25, 0.3) is 0 Å². The van der Waals surface area contributed by atoms with Crippen molar-refractivity contribution in [3.63, 3.8) is 0 Å². The second kappa shape index (κ2) is 7.93. The molecular formula is C16H25NO. The van der Waals surface area contributed by atoms with Crippen LogP contribution >= 0.6 is 0 Å². The highest BCUT2D eigenvalue weighted by molar-refractivity contribution is 5.30. The molecule has 0 aliphatic carbocycles. The van der Waals surface area contributed by atoms with Crippen LogP contribution in [0.4, 0.5) is 0 Å². The zero-order valence-electron chi connectivity index (χ0n) is 11.8. The Hall–Kier alpha value is -1.28. The van der Waals surface area contributed by atoms with Gasteiger partial charge in [-0.25, -0.2) is 0 Å². The Morgan fingerprint density at radius 1 is 1.39 bits per heavy atom. The van der Waals surface area contributed by atoms with E-state index in [4.69, 9.17) is 4.74 Å². The van der Waals surface area contributed by atoms with Crippen molar-refractivity contribution in [2.24, 2.45) is 0 Å². The predicted molar refractivity (Wildman–Crippen MR) is 78.1 cm³/mol. The number of nitrogens with one attached hydrogen (secondary N) is 1. The molecule has 18 heavy (non-hydrogen) atoms. The Balaban J connectivity index is 2.58. The van der Waals surface area contributed by atoms with Crippen LogP contribution in [0.1, 0.15) is 45.2 Å². The lowest BCUT2D eigenvalue weighted by Gasteiger charge is -2.15. The summed E-state index contributed by atoms with van der Waals surface area (Å²) in [6.45, 7) is 12.0. The van der Waals surface area contributed by atoms with Gasteiger partial charge in [0, 0.05) is 6.04 Å². The first-order valence-corrected chi connectivity index (χ1v) is 6.80. The Bertz CT molecular complexity index is 373. The number of ether oxygens (including phenoxy) is 1. The molecule has 2 nitrogen and oxygen atoms in total. The van der Waals surface area contributed by atoms with Gasteiger partial charge in [0.2, 0.25) is 0 Å². The third kappa shape index (κ3) is 4.92. The summed E-state index contributed by atoms with van der Waals surface area (Å²) in [6.07, 6.45) is 2.12. The Morgan fingerprint density at radius 2 is 2.17 bits per heavy atom. The molecule has 0 aliphatic heterocycles. The Morgan fingerprint density at radius 3 is 2.83 bits per heavy atom. The fraction of sp³-hybridized carbons (Fsp3) is 0.500. The van der Waals surface area contributed by atoms with Gasteiger partial charge < -0.3 is 10.1 Å². The number of benzene rings is 1. The van der Waals surface area contributed by atoms with E-state index < -0.39 is 0 Å². The first kappa shape index (κ1) is 14.8. The lowest BCUT2D eigenvalue weighted by molar-refractivity contribution is 0.348. The molecule has 0 spiro atoms. The molecule has 1 rings (SSSR count). The summed E-state index contributed by atoms with van der Waals surface area (Å²) < 4.78 is 5.73. The summed E-state index contributed by atoms with van der Waals surface area (Å²) in [7, 11) is 0. The van der Waals surface area contributed by atoms with Crippen LogP contribution in [0.3, 0.4) is 0 Å². The maximum absolute atomic E-state index is 5.73. The van der Waals surface area contributed by atoms with Crippen LogP contribution in [0.15, 0.2) is 36.4 Å². The predicted octanol–water partition coefficient (Wildman–Crippen LogP) is 4.09. The van der Waals surface area contributed by atoms with Gasteiger partial charge in [0.15, 0.2) is 0 Å². The van der Waals surface area contributed by atoms with E-state index in [1.54, 1.807) is 0 Å². The van der Waals surface area contributed by atoms with Crippen molar-refractivity contribution in [2.45, 2.75) is 39.7 Å².